The molecule has 0 aromatic rings. The van der Waals surface area contributed by atoms with Crippen molar-refractivity contribution in [1.29, 1.82) is 0 Å². The molecule has 0 amide bonds. The molecule has 0 heterocycles. The molecular formula is C6H15IN2S. The monoisotopic (exact) mass is 274 g/mol. The molecular weight excluding hydrogens is 259 g/mol. The van der Waals surface area contributed by atoms with Crippen LogP contribution in [-0.2, 0) is 0 Å². The second-order valence-electron chi connectivity index (χ2n) is 1.65. The van der Waals surface area contributed by atoms with Crippen LogP contribution in [0.5, 0.6) is 0 Å². The van der Waals surface area contributed by atoms with Crippen molar-refractivity contribution in [2.24, 2.45) is 10.7 Å². The average Bonchev–Trinajstić information content (AvgIpc) is 1.85. The van der Waals surface area contributed by atoms with Crippen molar-refractivity contribution in [1.82, 2.24) is 0 Å². The van der Waals surface area contributed by atoms with Crippen molar-refractivity contribution in [3.05, 3.63) is 0 Å². The number of aliphatic imine (C=N–C) groups is 1. The van der Waals surface area contributed by atoms with E-state index in [2.05, 4.69) is 18.8 Å². The van der Waals surface area contributed by atoms with Gasteiger partial charge in [0.2, 0.25) is 0 Å². The van der Waals surface area contributed by atoms with Gasteiger partial charge in [-0.05, 0) is 12.2 Å². The number of nitrogens with two attached hydrogens (primary N) is 1. The zero-order chi connectivity index (χ0) is 7.11. The van der Waals surface area contributed by atoms with E-state index in [1.54, 1.807) is 11.8 Å². The normalized spacial score (nSPS) is 10.8. The summed E-state index contributed by atoms with van der Waals surface area (Å²) >= 11 is 1.60. The van der Waals surface area contributed by atoms with Crippen molar-refractivity contribution >= 4 is 40.9 Å². The number of hydrogen-bond donors (Lipinski definition) is 1. The molecule has 0 aliphatic carbocycles. The lowest BCUT2D eigenvalue weighted by Crippen LogP contribution is -2.07. The van der Waals surface area contributed by atoms with Crippen molar-refractivity contribution in [2.45, 2.75) is 20.3 Å². The molecule has 0 spiro atoms. The van der Waals surface area contributed by atoms with Crippen molar-refractivity contribution in [2.75, 3.05) is 12.3 Å². The van der Waals surface area contributed by atoms with Crippen molar-refractivity contribution in [3.8, 4) is 0 Å². The first-order chi connectivity index (χ1) is 4.31. The van der Waals surface area contributed by atoms with Gasteiger partial charge in [0.25, 0.3) is 0 Å². The van der Waals surface area contributed by atoms with Crippen LogP contribution in [0.15, 0.2) is 4.99 Å². The molecule has 0 radical (unpaired) electrons. The Balaban J connectivity index is 0. The highest BCUT2D eigenvalue weighted by Gasteiger charge is 1.86. The van der Waals surface area contributed by atoms with Crippen LogP contribution < -0.4 is 5.73 Å². The summed E-state index contributed by atoms with van der Waals surface area (Å²) in [6.45, 7) is 5.02. The summed E-state index contributed by atoms with van der Waals surface area (Å²) in [4.78, 5) is 4.09. The van der Waals surface area contributed by atoms with E-state index in [4.69, 9.17) is 5.73 Å². The van der Waals surface area contributed by atoms with E-state index in [0.29, 0.717) is 0 Å². The summed E-state index contributed by atoms with van der Waals surface area (Å²) in [6.07, 6.45) is 1.07. The number of nitrogens with zero attached hydrogens (tertiary/aromatic N) is 1. The minimum atomic E-state index is 0. The van der Waals surface area contributed by atoms with Crippen LogP contribution >= 0.6 is 35.7 Å². The summed E-state index contributed by atoms with van der Waals surface area (Å²) < 4.78 is 0. The minimum absolute atomic E-state index is 0. The maximum absolute atomic E-state index is 5.48. The maximum Gasteiger partial charge on any atom is 0.153 e. The largest absolute Gasteiger partial charge is 0.379 e. The molecule has 0 saturated heterocycles. The molecule has 0 saturated carbocycles. The van der Waals surface area contributed by atoms with Crippen LogP contribution in [0.4, 0.5) is 0 Å². The molecule has 0 aliphatic heterocycles. The molecule has 10 heavy (non-hydrogen) atoms. The first-order valence-corrected chi connectivity index (χ1v) is 4.22. The van der Waals surface area contributed by atoms with E-state index in [0.717, 1.165) is 23.9 Å². The topological polar surface area (TPSA) is 38.4 Å². The Morgan fingerprint density at radius 1 is 1.50 bits per heavy atom. The quantitative estimate of drug-likeness (QED) is 0.486. The molecule has 0 aromatic heterocycles. The van der Waals surface area contributed by atoms with Crippen LogP contribution in [0.1, 0.15) is 20.3 Å². The zero-order valence-corrected chi connectivity index (χ0v) is 9.61. The predicted octanol–water partition coefficient (Wildman–Crippen LogP) is 2.08. The van der Waals surface area contributed by atoms with Crippen LogP contribution in [0.2, 0.25) is 0 Å². The van der Waals surface area contributed by atoms with Gasteiger partial charge >= 0.3 is 0 Å². The van der Waals surface area contributed by atoms with E-state index in [-0.39, 0.29) is 24.0 Å². The summed E-state index contributed by atoms with van der Waals surface area (Å²) in [7, 11) is 0. The van der Waals surface area contributed by atoms with Crippen molar-refractivity contribution in [3.63, 3.8) is 0 Å². The summed E-state index contributed by atoms with van der Waals surface area (Å²) in [5.74, 6) is 1.01. The molecule has 0 bridgehead atoms. The van der Waals surface area contributed by atoms with Gasteiger partial charge in [0.1, 0.15) is 0 Å². The highest BCUT2D eigenvalue weighted by atomic mass is 127. The second kappa shape index (κ2) is 9.55. The Labute approximate surface area is 84.1 Å². The number of hydrogen-bond acceptors (Lipinski definition) is 2. The second-order valence-corrected chi connectivity index (χ2v) is 2.94. The Hall–Kier alpha value is 0.550. The van der Waals surface area contributed by atoms with Crippen LogP contribution in [0.25, 0.3) is 0 Å². The van der Waals surface area contributed by atoms with Gasteiger partial charge in [-0.1, -0.05) is 25.6 Å². The first-order valence-electron chi connectivity index (χ1n) is 3.24. The van der Waals surface area contributed by atoms with Crippen LogP contribution in [-0.4, -0.2) is 17.5 Å². The van der Waals surface area contributed by atoms with Gasteiger partial charge in [-0.3, -0.25) is 4.99 Å². The Morgan fingerprint density at radius 3 is 2.50 bits per heavy atom. The zero-order valence-electron chi connectivity index (χ0n) is 6.46. The van der Waals surface area contributed by atoms with Gasteiger partial charge in [0.05, 0.1) is 0 Å². The molecule has 62 valence electrons. The third-order valence-corrected chi connectivity index (χ3v) is 1.50. The van der Waals surface area contributed by atoms with Crippen molar-refractivity contribution < 1.29 is 0 Å². The number of amidine groups is 1. The Bertz CT molecular complexity index is 95.7. The molecule has 2 nitrogen and oxygen atoms in total. The van der Waals surface area contributed by atoms with Crippen LogP contribution in [0.3, 0.4) is 0 Å². The van der Waals surface area contributed by atoms with E-state index >= 15 is 0 Å². The molecule has 2 N–H and O–H groups in total. The highest BCUT2D eigenvalue weighted by Crippen LogP contribution is 1.97. The number of halogens is 1. The van der Waals surface area contributed by atoms with Gasteiger partial charge in [-0.25, -0.2) is 0 Å². The fourth-order valence-corrected chi connectivity index (χ4v) is 0.894. The molecule has 0 aromatic carbocycles. The van der Waals surface area contributed by atoms with Crippen LogP contribution in [0, 0.1) is 0 Å². The molecule has 4 heteroatoms. The summed E-state index contributed by atoms with van der Waals surface area (Å²) in [5, 5.41) is 0.722. The SMILES string of the molecule is CCCN=C(N)SCC.I. The van der Waals surface area contributed by atoms with Gasteiger partial charge in [0, 0.05) is 6.54 Å². The molecule has 0 fully saturated rings. The minimum Gasteiger partial charge on any atom is -0.379 e. The highest BCUT2D eigenvalue weighted by molar-refractivity contribution is 14.0. The fraction of sp³-hybridized carbons (Fsp3) is 0.833. The molecule has 0 aliphatic rings. The predicted molar refractivity (Wildman–Crippen MR) is 60.3 cm³/mol. The summed E-state index contributed by atoms with van der Waals surface area (Å²) in [5.41, 5.74) is 5.48. The lowest BCUT2D eigenvalue weighted by atomic mass is 10.5. The molecule has 0 rings (SSSR count). The molecule has 0 unspecified atom stereocenters. The Morgan fingerprint density at radius 2 is 2.10 bits per heavy atom. The smallest absolute Gasteiger partial charge is 0.153 e. The lowest BCUT2D eigenvalue weighted by Gasteiger charge is -1.94. The Kier molecular flexibility index (Phi) is 12.6. The molecule has 0 atom stereocenters. The third kappa shape index (κ3) is 8.55. The van der Waals surface area contributed by atoms with Gasteiger partial charge in [0.15, 0.2) is 5.17 Å². The standard InChI is InChI=1S/C6H14N2S.HI/c1-3-5-8-6(7)9-4-2;/h3-5H2,1-2H3,(H2,7,8);1H. The lowest BCUT2D eigenvalue weighted by molar-refractivity contribution is 0.934. The number of thioether (sulfide) groups is 1. The van der Waals surface area contributed by atoms with E-state index in [1.165, 1.54) is 0 Å². The summed E-state index contributed by atoms with van der Waals surface area (Å²) in [6, 6.07) is 0. The van der Waals surface area contributed by atoms with Gasteiger partial charge in [-0.2, -0.15) is 0 Å². The number of rotatable bonds is 3. The van der Waals surface area contributed by atoms with Gasteiger partial charge in [-0.15, -0.1) is 24.0 Å². The van der Waals surface area contributed by atoms with E-state index < -0.39 is 0 Å². The fourth-order valence-electron chi connectivity index (χ4n) is 0.416. The third-order valence-electron chi connectivity index (χ3n) is 0.783. The maximum atomic E-state index is 5.48. The van der Waals surface area contributed by atoms with Gasteiger partial charge < -0.3 is 5.73 Å². The first kappa shape index (κ1) is 13.2. The van der Waals surface area contributed by atoms with E-state index in [9.17, 15) is 0 Å². The van der Waals surface area contributed by atoms with E-state index in [1.807, 2.05) is 0 Å². The average molecular weight is 274 g/mol.